The van der Waals surface area contributed by atoms with Crippen LogP contribution in [0.25, 0.3) is 89.8 Å². The molecular formula is C64H43N3. The summed E-state index contributed by atoms with van der Waals surface area (Å²) in [4.78, 5) is 16.2. The molecule has 0 bridgehead atoms. The summed E-state index contributed by atoms with van der Waals surface area (Å²) in [6.45, 7) is 0. The number of hydrogen-bond acceptors (Lipinski definition) is 3. The van der Waals surface area contributed by atoms with Gasteiger partial charge >= 0.3 is 0 Å². The van der Waals surface area contributed by atoms with Gasteiger partial charge in [0, 0.05) is 16.7 Å². The fraction of sp³-hybridized carbons (Fsp3) is 0.0156. The van der Waals surface area contributed by atoms with Crippen molar-refractivity contribution >= 4 is 0 Å². The first-order chi connectivity index (χ1) is 33.2. The Morgan fingerprint density at radius 3 is 1.07 bits per heavy atom. The zero-order valence-corrected chi connectivity index (χ0v) is 36.7. The lowest BCUT2D eigenvalue weighted by molar-refractivity contribution is 0.769. The zero-order chi connectivity index (χ0) is 44.6. The minimum absolute atomic E-state index is 0.614. The second kappa shape index (κ2) is 17.0. The molecular weight excluding hydrogens is 811 g/mol. The molecule has 0 unspecified atom stereocenters. The highest BCUT2D eigenvalue weighted by Crippen LogP contribution is 2.59. The van der Waals surface area contributed by atoms with E-state index in [4.69, 9.17) is 15.0 Å². The van der Waals surface area contributed by atoms with Gasteiger partial charge in [-0.05, 0) is 108 Å². The second-order valence-electron chi connectivity index (χ2n) is 17.1. The maximum Gasteiger partial charge on any atom is 0.164 e. The highest BCUT2D eigenvalue weighted by molar-refractivity contribution is 5.97. The molecule has 3 heteroatoms. The summed E-state index contributed by atoms with van der Waals surface area (Å²) in [6.07, 6.45) is 0. The molecule has 0 N–H and O–H groups in total. The molecule has 1 aromatic heterocycles. The largest absolute Gasteiger partial charge is 0.208 e. The van der Waals surface area contributed by atoms with Crippen LogP contribution in [-0.4, -0.2) is 15.0 Å². The quantitative estimate of drug-likeness (QED) is 0.145. The summed E-state index contributed by atoms with van der Waals surface area (Å²) in [5, 5.41) is 0. The molecule has 0 radical (unpaired) electrons. The van der Waals surface area contributed by atoms with E-state index in [0.29, 0.717) is 17.5 Å². The highest BCUT2D eigenvalue weighted by atomic mass is 15.0. The number of benzene rings is 10. The number of hydrogen-bond donors (Lipinski definition) is 0. The molecule has 0 fully saturated rings. The van der Waals surface area contributed by atoms with Crippen LogP contribution in [0.2, 0.25) is 0 Å². The first-order valence-corrected chi connectivity index (χ1v) is 22.8. The van der Waals surface area contributed by atoms with Crippen molar-refractivity contribution in [2.24, 2.45) is 0 Å². The summed E-state index contributed by atoms with van der Waals surface area (Å²) in [5.41, 5.74) is 18.3. The Morgan fingerprint density at radius 2 is 0.567 bits per heavy atom. The SMILES string of the molecule is c1ccc(-c2ccc(-c3nc(-c4ccccc4)nc(-c4cc(-c5cc(-c6ccccc6)cc(-c6ccccc6)c5)cc5c4-c4ccccc4C5(c4ccccc4)c4ccccc4)n3)cc2)cc1. The molecule has 0 saturated heterocycles. The molecule has 10 aromatic carbocycles. The Bertz CT molecular complexity index is 3420. The first-order valence-electron chi connectivity index (χ1n) is 22.8. The molecule has 3 nitrogen and oxygen atoms in total. The summed E-state index contributed by atoms with van der Waals surface area (Å²) < 4.78 is 0. The van der Waals surface area contributed by atoms with Crippen LogP contribution in [0.4, 0.5) is 0 Å². The molecule has 1 heterocycles. The number of fused-ring (bicyclic) bond motifs is 3. The third-order valence-corrected chi connectivity index (χ3v) is 13.2. The third kappa shape index (κ3) is 7.15. The number of aromatic nitrogens is 3. The predicted octanol–water partition coefficient (Wildman–Crippen LogP) is 15.9. The number of rotatable bonds is 9. The second-order valence-corrected chi connectivity index (χ2v) is 17.1. The summed E-state index contributed by atoms with van der Waals surface area (Å²) in [6, 6.07) is 93.3. The summed E-state index contributed by atoms with van der Waals surface area (Å²) in [5.74, 6) is 1.85. The standard InChI is InChI=1S/C64H43N3/c1-7-21-44(22-8-1)47-35-37-49(38-36-47)62-65-61(48-27-13-4-14-28-48)66-63(67-62)57-42-53(52-40-50(45-23-9-2-10-24-45)39-51(41-52)46-25-11-3-12-26-46)43-59-60(57)56-33-19-20-34-58(56)64(59,54-29-15-5-16-30-54)55-31-17-6-18-32-55/h1-43H. The van der Waals surface area contributed by atoms with Crippen LogP contribution in [-0.2, 0) is 5.41 Å². The van der Waals surface area contributed by atoms with Crippen molar-refractivity contribution in [2.45, 2.75) is 5.41 Å². The average Bonchev–Trinajstić information content (AvgIpc) is 3.73. The molecule has 1 aliphatic rings. The lowest BCUT2D eigenvalue weighted by atomic mass is 9.67. The normalized spacial score (nSPS) is 12.3. The van der Waals surface area contributed by atoms with Gasteiger partial charge in [0.2, 0.25) is 0 Å². The summed E-state index contributed by atoms with van der Waals surface area (Å²) >= 11 is 0. The zero-order valence-electron chi connectivity index (χ0n) is 36.7. The molecule has 1 aliphatic carbocycles. The Balaban J connectivity index is 1.18. The fourth-order valence-corrected chi connectivity index (χ4v) is 10.1. The van der Waals surface area contributed by atoms with Crippen molar-refractivity contribution in [3.63, 3.8) is 0 Å². The van der Waals surface area contributed by atoms with E-state index in [1.54, 1.807) is 0 Å². The number of nitrogens with zero attached hydrogens (tertiary/aromatic N) is 3. The molecule has 314 valence electrons. The smallest absolute Gasteiger partial charge is 0.164 e. The Morgan fingerprint density at radius 1 is 0.224 bits per heavy atom. The van der Waals surface area contributed by atoms with Gasteiger partial charge in [-0.25, -0.2) is 15.0 Å². The maximum absolute atomic E-state index is 5.49. The van der Waals surface area contributed by atoms with Gasteiger partial charge in [-0.15, -0.1) is 0 Å². The van der Waals surface area contributed by atoms with Crippen LogP contribution in [0.15, 0.2) is 261 Å². The Hall–Kier alpha value is -8.79. The van der Waals surface area contributed by atoms with Crippen LogP contribution < -0.4 is 0 Å². The fourth-order valence-electron chi connectivity index (χ4n) is 10.1. The van der Waals surface area contributed by atoms with E-state index in [-0.39, 0.29) is 0 Å². The van der Waals surface area contributed by atoms with Crippen LogP contribution in [0, 0.1) is 0 Å². The van der Waals surface area contributed by atoms with Crippen LogP contribution in [0.1, 0.15) is 22.3 Å². The van der Waals surface area contributed by atoms with Crippen molar-refractivity contribution < 1.29 is 0 Å². The van der Waals surface area contributed by atoms with E-state index in [1.165, 1.54) is 22.3 Å². The predicted molar refractivity (Wildman–Crippen MR) is 275 cm³/mol. The third-order valence-electron chi connectivity index (χ3n) is 13.2. The summed E-state index contributed by atoms with van der Waals surface area (Å²) in [7, 11) is 0. The molecule has 0 aliphatic heterocycles. The lowest BCUT2D eigenvalue weighted by Gasteiger charge is -2.34. The van der Waals surface area contributed by atoms with Crippen molar-refractivity contribution in [1.82, 2.24) is 15.0 Å². The van der Waals surface area contributed by atoms with Gasteiger partial charge in [-0.2, -0.15) is 0 Å². The van der Waals surface area contributed by atoms with E-state index >= 15 is 0 Å². The van der Waals surface area contributed by atoms with E-state index in [1.807, 2.05) is 24.3 Å². The van der Waals surface area contributed by atoms with Crippen LogP contribution in [0.3, 0.4) is 0 Å². The Kier molecular flexibility index (Phi) is 10.1. The molecule has 12 rings (SSSR count). The van der Waals surface area contributed by atoms with Crippen molar-refractivity contribution in [2.75, 3.05) is 0 Å². The van der Waals surface area contributed by atoms with Gasteiger partial charge in [-0.1, -0.05) is 231 Å². The molecule has 0 saturated carbocycles. The van der Waals surface area contributed by atoms with Crippen molar-refractivity contribution in [1.29, 1.82) is 0 Å². The van der Waals surface area contributed by atoms with Gasteiger partial charge in [0.15, 0.2) is 17.5 Å². The van der Waals surface area contributed by atoms with Crippen molar-refractivity contribution in [3.8, 4) is 89.8 Å². The average molecular weight is 854 g/mol. The van der Waals surface area contributed by atoms with Crippen molar-refractivity contribution in [3.05, 3.63) is 283 Å². The van der Waals surface area contributed by atoms with Crippen LogP contribution >= 0.6 is 0 Å². The molecule has 0 amide bonds. The maximum atomic E-state index is 5.49. The van der Waals surface area contributed by atoms with E-state index in [2.05, 4.69) is 237 Å². The molecule has 0 atom stereocenters. The first kappa shape index (κ1) is 39.8. The van der Waals surface area contributed by atoms with Gasteiger partial charge < -0.3 is 0 Å². The molecule has 67 heavy (non-hydrogen) atoms. The molecule has 11 aromatic rings. The topological polar surface area (TPSA) is 38.7 Å². The van der Waals surface area contributed by atoms with Gasteiger partial charge in [-0.3, -0.25) is 0 Å². The molecule has 0 spiro atoms. The minimum atomic E-state index is -0.663. The van der Waals surface area contributed by atoms with Crippen LogP contribution in [0.5, 0.6) is 0 Å². The van der Waals surface area contributed by atoms with Gasteiger partial charge in [0.25, 0.3) is 0 Å². The lowest BCUT2D eigenvalue weighted by Crippen LogP contribution is -2.28. The highest BCUT2D eigenvalue weighted by Gasteiger charge is 2.47. The van der Waals surface area contributed by atoms with E-state index < -0.39 is 5.41 Å². The van der Waals surface area contributed by atoms with Gasteiger partial charge in [0.1, 0.15) is 0 Å². The van der Waals surface area contributed by atoms with Gasteiger partial charge in [0.05, 0.1) is 5.41 Å². The van der Waals surface area contributed by atoms with E-state index in [9.17, 15) is 0 Å². The monoisotopic (exact) mass is 853 g/mol. The Labute approximate surface area is 391 Å². The van der Waals surface area contributed by atoms with E-state index in [0.717, 1.165) is 72.3 Å². The minimum Gasteiger partial charge on any atom is -0.208 e.